The molecule has 1 aromatic rings. The van der Waals surface area contributed by atoms with Gasteiger partial charge < -0.3 is 19.4 Å². The number of rotatable bonds is 5. The fourth-order valence-electron chi connectivity index (χ4n) is 1.54. The van der Waals surface area contributed by atoms with Crippen molar-refractivity contribution in [2.75, 3.05) is 7.11 Å². The standard InChI is InChI=1S/C13H21N3O4/c1-13(2,3)20-12(18)15-10(11(17)19-4)5-7-16-8-6-14-9-16/h6,8-10H,5,7H2,1-4H3,(H,15,18). The lowest BCUT2D eigenvalue weighted by atomic mass is 10.2. The van der Waals surface area contributed by atoms with Crippen LogP contribution >= 0.6 is 0 Å². The Hall–Kier alpha value is -2.05. The van der Waals surface area contributed by atoms with Crippen molar-refractivity contribution < 1.29 is 19.1 Å². The average molecular weight is 283 g/mol. The number of hydrogen-bond donors (Lipinski definition) is 1. The molecule has 1 unspecified atom stereocenters. The number of hydrogen-bond acceptors (Lipinski definition) is 5. The maximum atomic E-state index is 11.7. The maximum absolute atomic E-state index is 11.7. The van der Waals surface area contributed by atoms with Crippen LogP contribution in [-0.4, -0.2) is 40.4 Å². The van der Waals surface area contributed by atoms with Gasteiger partial charge in [0.2, 0.25) is 0 Å². The molecule has 0 aromatic carbocycles. The van der Waals surface area contributed by atoms with Crippen LogP contribution in [0.3, 0.4) is 0 Å². The Morgan fingerprint density at radius 2 is 2.10 bits per heavy atom. The summed E-state index contributed by atoms with van der Waals surface area (Å²) in [5.74, 6) is -0.504. The second-order valence-corrected chi connectivity index (χ2v) is 5.31. The van der Waals surface area contributed by atoms with Crippen LogP contribution in [0.25, 0.3) is 0 Å². The summed E-state index contributed by atoms with van der Waals surface area (Å²) in [6.45, 7) is 5.80. The van der Waals surface area contributed by atoms with E-state index in [9.17, 15) is 9.59 Å². The fraction of sp³-hybridized carbons (Fsp3) is 0.615. The smallest absolute Gasteiger partial charge is 0.408 e. The first kappa shape index (κ1) is 16.0. The molecule has 7 heteroatoms. The molecule has 0 aliphatic carbocycles. The average Bonchev–Trinajstić information content (AvgIpc) is 2.84. The molecule has 112 valence electrons. The summed E-state index contributed by atoms with van der Waals surface area (Å²) in [7, 11) is 1.28. The fourth-order valence-corrected chi connectivity index (χ4v) is 1.54. The predicted molar refractivity (Wildman–Crippen MR) is 72.0 cm³/mol. The Bertz CT molecular complexity index is 437. The van der Waals surface area contributed by atoms with Crippen molar-refractivity contribution >= 4 is 12.1 Å². The van der Waals surface area contributed by atoms with E-state index in [1.54, 1.807) is 39.5 Å². The number of nitrogens with one attached hydrogen (secondary N) is 1. The summed E-state index contributed by atoms with van der Waals surface area (Å²) >= 11 is 0. The molecule has 1 rings (SSSR count). The van der Waals surface area contributed by atoms with Crippen molar-refractivity contribution in [2.45, 2.75) is 45.4 Å². The first-order valence-electron chi connectivity index (χ1n) is 6.35. The van der Waals surface area contributed by atoms with Crippen molar-refractivity contribution in [1.29, 1.82) is 0 Å². The molecular weight excluding hydrogens is 262 g/mol. The minimum atomic E-state index is -0.753. The van der Waals surface area contributed by atoms with Crippen LogP contribution in [0.5, 0.6) is 0 Å². The molecule has 0 radical (unpaired) electrons. The highest BCUT2D eigenvalue weighted by molar-refractivity contribution is 5.81. The van der Waals surface area contributed by atoms with E-state index >= 15 is 0 Å². The minimum absolute atomic E-state index is 0.391. The van der Waals surface area contributed by atoms with Crippen molar-refractivity contribution in [3.05, 3.63) is 18.7 Å². The van der Waals surface area contributed by atoms with Gasteiger partial charge in [-0.1, -0.05) is 0 Å². The van der Waals surface area contributed by atoms with Crippen molar-refractivity contribution in [2.24, 2.45) is 0 Å². The number of nitrogens with zero attached hydrogens (tertiary/aromatic N) is 2. The van der Waals surface area contributed by atoms with Crippen molar-refractivity contribution in [3.8, 4) is 0 Å². The molecule has 1 heterocycles. The second-order valence-electron chi connectivity index (χ2n) is 5.31. The van der Waals surface area contributed by atoms with Gasteiger partial charge in [-0.25, -0.2) is 14.6 Å². The molecule has 1 atom stereocenters. The van der Waals surface area contributed by atoms with E-state index in [1.807, 2.05) is 4.57 Å². The number of methoxy groups -OCH3 is 1. The SMILES string of the molecule is COC(=O)C(CCn1ccnc1)NC(=O)OC(C)(C)C. The highest BCUT2D eigenvalue weighted by Crippen LogP contribution is 2.08. The van der Waals surface area contributed by atoms with Gasteiger partial charge >= 0.3 is 12.1 Å². The van der Waals surface area contributed by atoms with Crippen LogP contribution in [0.1, 0.15) is 27.2 Å². The zero-order valence-electron chi connectivity index (χ0n) is 12.3. The molecule has 7 nitrogen and oxygen atoms in total. The molecule has 1 N–H and O–H groups in total. The Kier molecular flexibility index (Phi) is 5.54. The third-order valence-electron chi connectivity index (χ3n) is 2.41. The van der Waals surface area contributed by atoms with Crippen LogP contribution in [0, 0.1) is 0 Å². The van der Waals surface area contributed by atoms with Gasteiger partial charge in [0.1, 0.15) is 11.6 Å². The lowest BCUT2D eigenvalue weighted by Crippen LogP contribution is -2.44. The number of ether oxygens (including phenoxy) is 2. The third kappa shape index (κ3) is 5.73. The van der Waals surface area contributed by atoms with Crippen LogP contribution in [0.15, 0.2) is 18.7 Å². The summed E-state index contributed by atoms with van der Waals surface area (Å²) in [4.78, 5) is 27.3. The monoisotopic (exact) mass is 283 g/mol. The summed E-state index contributed by atoms with van der Waals surface area (Å²) < 4.78 is 11.6. The summed E-state index contributed by atoms with van der Waals surface area (Å²) in [6.07, 6.45) is 4.82. The highest BCUT2D eigenvalue weighted by Gasteiger charge is 2.24. The molecule has 0 saturated carbocycles. The molecule has 0 aliphatic rings. The minimum Gasteiger partial charge on any atom is -0.467 e. The molecule has 0 bridgehead atoms. The van der Waals surface area contributed by atoms with Gasteiger partial charge in [-0.2, -0.15) is 0 Å². The van der Waals surface area contributed by atoms with E-state index < -0.39 is 23.7 Å². The quantitative estimate of drug-likeness (QED) is 0.825. The number of alkyl carbamates (subject to hydrolysis) is 1. The van der Waals surface area contributed by atoms with E-state index in [1.165, 1.54) is 7.11 Å². The number of aromatic nitrogens is 2. The first-order valence-corrected chi connectivity index (χ1v) is 6.35. The van der Waals surface area contributed by atoms with E-state index in [4.69, 9.17) is 4.74 Å². The Balaban J connectivity index is 2.56. The van der Waals surface area contributed by atoms with Gasteiger partial charge in [0.15, 0.2) is 0 Å². The van der Waals surface area contributed by atoms with Crippen LogP contribution < -0.4 is 5.32 Å². The molecule has 20 heavy (non-hydrogen) atoms. The Labute approximate surface area is 118 Å². The zero-order valence-corrected chi connectivity index (χ0v) is 12.3. The summed E-state index contributed by atoms with van der Waals surface area (Å²) in [5.41, 5.74) is -0.616. The number of carbonyl (C=O) groups is 2. The molecular formula is C13H21N3O4. The number of aryl methyl sites for hydroxylation is 1. The molecule has 0 fully saturated rings. The molecule has 1 aromatic heterocycles. The van der Waals surface area contributed by atoms with E-state index in [0.717, 1.165) is 0 Å². The summed E-state index contributed by atoms with van der Waals surface area (Å²) in [6, 6.07) is -0.753. The summed E-state index contributed by atoms with van der Waals surface area (Å²) in [5, 5.41) is 2.52. The van der Waals surface area contributed by atoms with Crippen molar-refractivity contribution in [3.63, 3.8) is 0 Å². The second kappa shape index (κ2) is 6.93. The lowest BCUT2D eigenvalue weighted by Gasteiger charge is -2.22. The molecule has 0 spiro atoms. The first-order chi connectivity index (χ1) is 9.31. The molecule has 0 saturated heterocycles. The van der Waals surface area contributed by atoms with Gasteiger partial charge in [0.05, 0.1) is 13.4 Å². The Morgan fingerprint density at radius 1 is 1.40 bits per heavy atom. The normalized spacial score (nSPS) is 12.6. The number of imidazole rings is 1. The number of amides is 1. The number of esters is 1. The van der Waals surface area contributed by atoms with E-state index in [-0.39, 0.29) is 0 Å². The van der Waals surface area contributed by atoms with Crippen molar-refractivity contribution in [1.82, 2.24) is 14.9 Å². The van der Waals surface area contributed by atoms with Gasteiger partial charge in [-0.15, -0.1) is 0 Å². The zero-order chi connectivity index (χ0) is 15.2. The van der Waals surface area contributed by atoms with E-state index in [0.29, 0.717) is 13.0 Å². The number of carbonyl (C=O) groups excluding carboxylic acids is 2. The Morgan fingerprint density at radius 3 is 2.60 bits per heavy atom. The van der Waals surface area contributed by atoms with E-state index in [2.05, 4.69) is 15.0 Å². The largest absolute Gasteiger partial charge is 0.467 e. The van der Waals surface area contributed by atoms with Gasteiger partial charge in [0.25, 0.3) is 0 Å². The maximum Gasteiger partial charge on any atom is 0.408 e. The highest BCUT2D eigenvalue weighted by atomic mass is 16.6. The van der Waals surface area contributed by atoms with Gasteiger partial charge in [-0.3, -0.25) is 0 Å². The molecule has 0 aliphatic heterocycles. The third-order valence-corrected chi connectivity index (χ3v) is 2.41. The van der Waals surface area contributed by atoms with Gasteiger partial charge in [0, 0.05) is 18.9 Å². The predicted octanol–water partition coefficient (Wildman–Crippen LogP) is 1.34. The molecule has 1 amide bonds. The van der Waals surface area contributed by atoms with Crippen LogP contribution in [-0.2, 0) is 20.8 Å². The van der Waals surface area contributed by atoms with Crippen LogP contribution in [0.2, 0.25) is 0 Å². The van der Waals surface area contributed by atoms with Crippen LogP contribution in [0.4, 0.5) is 4.79 Å². The topological polar surface area (TPSA) is 82.5 Å². The van der Waals surface area contributed by atoms with Gasteiger partial charge in [-0.05, 0) is 27.2 Å². The lowest BCUT2D eigenvalue weighted by molar-refractivity contribution is -0.143.